The van der Waals surface area contributed by atoms with Gasteiger partial charge in [-0.15, -0.1) is 0 Å². The second kappa shape index (κ2) is 3.70. The number of fused-ring (bicyclic) bond motifs is 1. The summed E-state index contributed by atoms with van der Waals surface area (Å²) in [4.78, 5) is 0. The van der Waals surface area contributed by atoms with Crippen molar-refractivity contribution in [1.82, 2.24) is 0 Å². The van der Waals surface area contributed by atoms with Gasteiger partial charge in [0.15, 0.2) is 5.76 Å². The van der Waals surface area contributed by atoms with E-state index in [2.05, 4.69) is 24.8 Å². The molecule has 0 aliphatic carbocycles. The molecule has 0 aliphatic heterocycles. The van der Waals surface area contributed by atoms with Crippen LogP contribution in [0.3, 0.4) is 0 Å². The highest BCUT2D eigenvalue weighted by Crippen LogP contribution is 2.19. The minimum Gasteiger partial charge on any atom is -0.448 e. The Morgan fingerprint density at radius 1 is 1.25 bits per heavy atom. The van der Waals surface area contributed by atoms with Crippen LogP contribution in [0.4, 0.5) is 0 Å². The van der Waals surface area contributed by atoms with Crippen LogP contribution in [0.5, 0.6) is 0 Å². The number of aryl methyl sites for hydroxylation is 1. The molecule has 0 aliphatic rings. The molecule has 0 fully saturated rings. The van der Waals surface area contributed by atoms with E-state index in [1.807, 2.05) is 32.0 Å². The smallest absolute Gasteiger partial charge is 0.178 e. The molecule has 16 heavy (non-hydrogen) atoms. The largest absolute Gasteiger partial charge is 0.448 e. The molecule has 2 heteroatoms. The van der Waals surface area contributed by atoms with E-state index >= 15 is 0 Å². The lowest BCUT2D eigenvalue weighted by Crippen LogP contribution is -2.29. The molecule has 0 atom stereocenters. The molecule has 2 nitrogen and oxygen atoms in total. The van der Waals surface area contributed by atoms with Gasteiger partial charge < -0.3 is 10.2 Å². The molecule has 0 saturated carbocycles. The normalized spacial score (nSPS) is 11.2. The first-order chi connectivity index (χ1) is 7.44. The standard InChI is InChI=1S/C14H15NO/c1-10-4-5-13-11(8-10)9-12(16-13)6-7-14(2,3)15/h4-5,8-9H,15H2,1-3H3. The molecule has 2 aromatic rings. The maximum Gasteiger partial charge on any atom is 0.178 e. The number of benzene rings is 1. The zero-order valence-electron chi connectivity index (χ0n) is 9.79. The monoisotopic (exact) mass is 213 g/mol. The predicted molar refractivity (Wildman–Crippen MR) is 66.1 cm³/mol. The maximum absolute atomic E-state index is 5.79. The molecule has 2 rings (SSSR count). The minimum atomic E-state index is -0.491. The SMILES string of the molecule is Cc1ccc2oc(C#CC(C)(C)N)cc2c1. The summed E-state index contributed by atoms with van der Waals surface area (Å²) < 4.78 is 5.59. The molecule has 82 valence electrons. The van der Waals surface area contributed by atoms with E-state index in [4.69, 9.17) is 10.2 Å². The van der Waals surface area contributed by atoms with E-state index in [-0.39, 0.29) is 0 Å². The zero-order valence-corrected chi connectivity index (χ0v) is 9.79. The zero-order chi connectivity index (χ0) is 11.8. The van der Waals surface area contributed by atoms with Crippen molar-refractivity contribution in [3.8, 4) is 11.8 Å². The Labute approximate surface area is 95.4 Å². The van der Waals surface area contributed by atoms with Crippen LogP contribution in [0.25, 0.3) is 11.0 Å². The molecule has 0 spiro atoms. The Bertz CT molecular complexity index is 576. The van der Waals surface area contributed by atoms with Crippen molar-refractivity contribution in [3.63, 3.8) is 0 Å². The lowest BCUT2D eigenvalue weighted by atomic mass is 10.1. The Hall–Kier alpha value is -1.72. The summed E-state index contributed by atoms with van der Waals surface area (Å²) in [5.41, 5.74) is 7.38. The van der Waals surface area contributed by atoms with Gasteiger partial charge >= 0.3 is 0 Å². The third-order valence-electron chi connectivity index (χ3n) is 2.18. The predicted octanol–water partition coefficient (Wildman–Crippen LogP) is 2.83. The third-order valence-corrected chi connectivity index (χ3v) is 2.18. The molecule has 0 unspecified atom stereocenters. The van der Waals surface area contributed by atoms with Gasteiger partial charge in [-0.2, -0.15) is 0 Å². The first kappa shape index (κ1) is 10.8. The molecule has 0 saturated heterocycles. The van der Waals surface area contributed by atoms with Crippen molar-refractivity contribution in [1.29, 1.82) is 0 Å². The molecule has 0 bridgehead atoms. The van der Waals surface area contributed by atoms with E-state index in [0.717, 1.165) is 11.0 Å². The lowest BCUT2D eigenvalue weighted by molar-refractivity contribution is 0.599. The topological polar surface area (TPSA) is 39.2 Å². The molecule has 1 aromatic carbocycles. The highest BCUT2D eigenvalue weighted by Gasteiger charge is 2.05. The summed E-state index contributed by atoms with van der Waals surface area (Å²) in [6.45, 7) is 5.79. The van der Waals surface area contributed by atoms with E-state index in [1.54, 1.807) is 0 Å². The molecule has 1 aromatic heterocycles. The van der Waals surface area contributed by atoms with Crippen molar-refractivity contribution in [2.75, 3.05) is 0 Å². The molecular weight excluding hydrogens is 198 g/mol. The van der Waals surface area contributed by atoms with E-state index in [9.17, 15) is 0 Å². The molecule has 0 amide bonds. The van der Waals surface area contributed by atoms with Crippen molar-refractivity contribution in [2.24, 2.45) is 5.73 Å². The second-order valence-corrected chi connectivity index (χ2v) is 4.62. The van der Waals surface area contributed by atoms with Gasteiger partial charge in [-0.25, -0.2) is 0 Å². The van der Waals surface area contributed by atoms with Crippen LogP contribution in [0.15, 0.2) is 28.7 Å². The van der Waals surface area contributed by atoms with Crippen LogP contribution in [0, 0.1) is 18.8 Å². The summed E-state index contributed by atoms with van der Waals surface area (Å²) in [6.07, 6.45) is 0. The quantitative estimate of drug-likeness (QED) is 0.683. The Balaban J connectivity index is 2.43. The van der Waals surface area contributed by atoms with Gasteiger partial charge in [0.25, 0.3) is 0 Å². The van der Waals surface area contributed by atoms with Gasteiger partial charge in [-0.05, 0) is 38.8 Å². The van der Waals surface area contributed by atoms with Crippen molar-refractivity contribution in [2.45, 2.75) is 26.3 Å². The number of furan rings is 1. The van der Waals surface area contributed by atoms with Crippen LogP contribution < -0.4 is 5.73 Å². The number of nitrogens with two attached hydrogens (primary N) is 1. The van der Waals surface area contributed by atoms with Gasteiger partial charge in [0.1, 0.15) is 5.58 Å². The average Bonchev–Trinajstić information content (AvgIpc) is 2.55. The highest BCUT2D eigenvalue weighted by molar-refractivity contribution is 5.79. The van der Waals surface area contributed by atoms with Gasteiger partial charge in [-0.3, -0.25) is 0 Å². The van der Waals surface area contributed by atoms with Crippen LogP contribution in [-0.2, 0) is 0 Å². The lowest BCUT2D eigenvalue weighted by Gasteiger charge is -2.06. The van der Waals surface area contributed by atoms with Crippen LogP contribution in [0.1, 0.15) is 25.2 Å². The first-order valence-electron chi connectivity index (χ1n) is 5.26. The van der Waals surface area contributed by atoms with Gasteiger partial charge in [0.2, 0.25) is 0 Å². The Morgan fingerprint density at radius 2 is 2.00 bits per heavy atom. The van der Waals surface area contributed by atoms with Crippen LogP contribution in [-0.4, -0.2) is 5.54 Å². The average molecular weight is 213 g/mol. The second-order valence-electron chi connectivity index (χ2n) is 4.62. The van der Waals surface area contributed by atoms with E-state index < -0.39 is 5.54 Å². The molecule has 1 heterocycles. The van der Waals surface area contributed by atoms with E-state index in [1.165, 1.54) is 5.56 Å². The summed E-state index contributed by atoms with van der Waals surface area (Å²) in [5, 5.41) is 1.08. The maximum atomic E-state index is 5.79. The van der Waals surface area contributed by atoms with Gasteiger partial charge in [0.05, 0.1) is 5.54 Å². The number of hydrogen-bond acceptors (Lipinski definition) is 2. The summed E-state index contributed by atoms with van der Waals surface area (Å²) in [7, 11) is 0. The Kier molecular flexibility index (Phi) is 2.49. The number of hydrogen-bond donors (Lipinski definition) is 1. The molecule has 0 radical (unpaired) electrons. The third kappa shape index (κ3) is 2.44. The van der Waals surface area contributed by atoms with E-state index in [0.29, 0.717) is 5.76 Å². The number of rotatable bonds is 0. The summed E-state index contributed by atoms with van der Waals surface area (Å²) >= 11 is 0. The Morgan fingerprint density at radius 3 is 2.69 bits per heavy atom. The van der Waals surface area contributed by atoms with Gasteiger partial charge in [-0.1, -0.05) is 17.6 Å². The van der Waals surface area contributed by atoms with Gasteiger partial charge in [0, 0.05) is 11.5 Å². The molecular formula is C14H15NO. The molecule has 2 N–H and O–H groups in total. The van der Waals surface area contributed by atoms with Crippen molar-refractivity contribution in [3.05, 3.63) is 35.6 Å². The summed E-state index contributed by atoms with van der Waals surface area (Å²) in [6, 6.07) is 8.01. The fourth-order valence-corrected chi connectivity index (χ4v) is 1.45. The first-order valence-corrected chi connectivity index (χ1v) is 5.26. The summed E-state index contributed by atoms with van der Waals surface area (Å²) in [5.74, 6) is 6.57. The van der Waals surface area contributed by atoms with Crippen LogP contribution >= 0.6 is 0 Å². The van der Waals surface area contributed by atoms with Crippen molar-refractivity contribution < 1.29 is 4.42 Å². The van der Waals surface area contributed by atoms with Crippen molar-refractivity contribution >= 4 is 11.0 Å². The fourth-order valence-electron chi connectivity index (χ4n) is 1.45. The highest BCUT2D eigenvalue weighted by atomic mass is 16.3. The van der Waals surface area contributed by atoms with Crippen LogP contribution in [0.2, 0.25) is 0 Å². The fraction of sp³-hybridized carbons (Fsp3) is 0.286. The minimum absolute atomic E-state index is 0.491.